The Kier molecular flexibility index (Phi) is 13.8. The molecule has 0 bridgehead atoms. The van der Waals surface area contributed by atoms with Gasteiger partial charge in [-0.2, -0.15) is 0 Å². The van der Waals surface area contributed by atoms with E-state index in [0.29, 0.717) is 0 Å². The molecule has 284 valence electrons. The highest BCUT2D eigenvalue weighted by molar-refractivity contribution is 5.77. The molecule has 3 aliphatic heterocycles. The van der Waals surface area contributed by atoms with Crippen molar-refractivity contribution < 1.29 is 110 Å². The lowest BCUT2D eigenvalue weighted by atomic mass is 9.88. The van der Waals surface area contributed by atoms with Crippen LogP contribution in [0.1, 0.15) is 19.8 Å². The molecule has 0 unspecified atom stereocenters. The lowest BCUT2D eigenvalue weighted by Gasteiger charge is -2.50. The molecule has 3 fully saturated rings. The molecule has 17 atom stereocenters. The SMILES string of the molecule is CC(=O)N[C@H]1[C@H]([C@H](O)[C@H](O)CO)O[C@@](O[C@H]2[C@@H](O)[C@@H](CO)O[C@@H](OC[C@@H](O)[C@@H](O)[C@@H]3O[C@](O)(C(=O)O)C[C@H](O)[C@H]3O)[C@@H]2O)(C(=O)O)C[C@@H]1O. The van der Waals surface area contributed by atoms with Crippen molar-refractivity contribution in [1.82, 2.24) is 5.32 Å². The number of carboxylic acids is 2. The van der Waals surface area contributed by atoms with Crippen LogP contribution in [0.5, 0.6) is 0 Å². The molecule has 0 aromatic rings. The van der Waals surface area contributed by atoms with Gasteiger partial charge >= 0.3 is 11.9 Å². The number of hydrogen-bond acceptors (Lipinski definition) is 20. The number of aliphatic carboxylic acids is 2. The fourth-order valence-electron chi connectivity index (χ4n) is 5.69. The van der Waals surface area contributed by atoms with Crippen LogP contribution < -0.4 is 5.32 Å². The van der Waals surface area contributed by atoms with Crippen molar-refractivity contribution in [3.8, 4) is 0 Å². The van der Waals surface area contributed by atoms with E-state index in [0.717, 1.165) is 6.92 Å². The summed E-state index contributed by atoms with van der Waals surface area (Å²) in [5.74, 6) is -10.9. The fourth-order valence-corrected chi connectivity index (χ4v) is 5.69. The molecule has 15 N–H and O–H groups in total. The monoisotopic (exact) mass is 721 g/mol. The number of carboxylic acid groups (broad SMARTS) is 2. The van der Waals surface area contributed by atoms with Crippen LogP contribution in [0.4, 0.5) is 0 Å². The first-order valence-corrected chi connectivity index (χ1v) is 14.8. The van der Waals surface area contributed by atoms with Gasteiger partial charge in [0.1, 0.15) is 67.1 Å². The quantitative estimate of drug-likeness (QED) is 0.0791. The molecule has 0 aliphatic carbocycles. The minimum absolute atomic E-state index is 0.779. The van der Waals surface area contributed by atoms with Crippen molar-refractivity contribution in [3.05, 3.63) is 0 Å². The van der Waals surface area contributed by atoms with Crippen LogP contribution >= 0.6 is 0 Å². The molecule has 3 saturated heterocycles. The van der Waals surface area contributed by atoms with Gasteiger partial charge in [-0.3, -0.25) is 4.79 Å². The van der Waals surface area contributed by atoms with Crippen LogP contribution in [0, 0.1) is 0 Å². The van der Waals surface area contributed by atoms with E-state index in [2.05, 4.69) is 5.32 Å². The molecule has 0 spiro atoms. The fraction of sp³-hybridized carbons (Fsp3) is 0.885. The van der Waals surface area contributed by atoms with Crippen LogP contribution in [0.3, 0.4) is 0 Å². The number of aliphatic hydroxyl groups excluding tert-OH is 11. The van der Waals surface area contributed by atoms with Gasteiger partial charge in [-0.15, -0.1) is 0 Å². The van der Waals surface area contributed by atoms with E-state index in [9.17, 15) is 85.9 Å². The summed E-state index contributed by atoms with van der Waals surface area (Å²) in [5, 5.41) is 145. The molecule has 3 heterocycles. The summed E-state index contributed by atoms with van der Waals surface area (Å²) in [6, 6.07) is -1.58. The number of rotatable bonds is 14. The minimum atomic E-state index is -3.07. The maximum absolute atomic E-state index is 12.6. The Morgan fingerprint density at radius 1 is 0.837 bits per heavy atom. The van der Waals surface area contributed by atoms with Crippen LogP contribution in [-0.2, 0) is 38.1 Å². The Bertz CT molecular complexity index is 1150. The summed E-state index contributed by atoms with van der Waals surface area (Å²) >= 11 is 0. The minimum Gasteiger partial charge on any atom is -0.477 e. The first-order chi connectivity index (χ1) is 22.7. The van der Waals surface area contributed by atoms with Crippen molar-refractivity contribution in [2.45, 2.75) is 123 Å². The molecule has 0 radical (unpaired) electrons. The lowest BCUT2D eigenvalue weighted by molar-refractivity contribution is -0.371. The largest absolute Gasteiger partial charge is 0.477 e. The average molecular weight is 722 g/mol. The van der Waals surface area contributed by atoms with Gasteiger partial charge < -0.3 is 100 Å². The molecule has 3 aliphatic rings. The number of aliphatic hydroxyl groups is 12. The van der Waals surface area contributed by atoms with E-state index in [4.69, 9.17) is 23.7 Å². The van der Waals surface area contributed by atoms with E-state index in [1.807, 2.05) is 0 Å². The summed E-state index contributed by atoms with van der Waals surface area (Å²) in [6.45, 7) is -2.15. The molecule has 49 heavy (non-hydrogen) atoms. The molecule has 1 amide bonds. The van der Waals surface area contributed by atoms with Gasteiger partial charge in [0.15, 0.2) is 6.29 Å². The van der Waals surface area contributed by atoms with Crippen molar-refractivity contribution >= 4 is 17.8 Å². The number of hydrogen-bond donors (Lipinski definition) is 15. The maximum atomic E-state index is 12.6. The molecule has 0 saturated carbocycles. The van der Waals surface area contributed by atoms with E-state index in [1.165, 1.54) is 0 Å². The van der Waals surface area contributed by atoms with E-state index in [1.54, 1.807) is 0 Å². The number of amides is 1. The topological polar surface area (TPSA) is 393 Å². The van der Waals surface area contributed by atoms with Gasteiger partial charge in [0.25, 0.3) is 11.6 Å². The second-order valence-electron chi connectivity index (χ2n) is 12.0. The van der Waals surface area contributed by atoms with Crippen LogP contribution in [-0.4, -0.2) is 212 Å². The Morgan fingerprint density at radius 2 is 1.45 bits per heavy atom. The zero-order chi connectivity index (χ0) is 37.2. The maximum Gasteiger partial charge on any atom is 0.364 e. The average Bonchev–Trinajstić information content (AvgIpc) is 3.03. The lowest BCUT2D eigenvalue weighted by Crippen LogP contribution is -2.70. The third-order valence-corrected chi connectivity index (χ3v) is 8.38. The van der Waals surface area contributed by atoms with E-state index >= 15 is 0 Å². The van der Waals surface area contributed by atoms with Gasteiger partial charge in [0, 0.05) is 19.8 Å². The van der Waals surface area contributed by atoms with Gasteiger partial charge in [0.05, 0.1) is 38.1 Å². The third-order valence-electron chi connectivity index (χ3n) is 8.38. The summed E-state index contributed by atoms with van der Waals surface area (Å²) in [7, 11) is 0. The normalized spacial score (nSPS) is 42.4. The van der Waals surface area contributed by atoms with Crippen molar-refractivity contribution in [2.75, 3.05) is 19.8 Å². The van der Waals surface area contributed by atoms with Crippen molar-refractivity contribution in [3.63, 3.8) is 0 Å². The summed E-state index contributed by atoms with van der Waals surface area (Å²) in [6.07, 6.45) is -30.8. The highest BCUT2D eigenvalue weighted by atomic mass is 16.8. The molecule has 3 rings (SSSR count). The molecule has 0 aromatic heterocycles. The standard InChI is InChI=1S/C26H43NO22/c1-7(30)27-13-8(31)3-26(24(42)43,48-19(13)15(36)10(33)4-28)49-21-17(38)12(5-29)46-22(18(21)39)45-6-11(34)16(37)20-14(35)9(32)2-25(44,47-20)23(40)41/h8-22,28-29,31-39,44H,2-6H2,1H3,(H,27,30)(H,40,41)(H,42,43)/t8-,9-,10+,11+,12+,13+,14+,15+,16+,17-,18+,19+,20+,21-,22+,25-,26-/m0/s1. The predicted octanol–water partition coefficient (Wildman–Crippen LogP) is -9.02. The van der Waals surface area contributed by atoms with Crippen LogP contribution in [0.25, 0.3) is 0 Å². The summed E-state index contributed by atoms with van der Waals surface area (Å²) < 4.78 is 26.4. The van der Waals surface area contributed by atoms with E-state index in [-0.39, 0.29) is 0 Å². The molecular formula is C26H43NO22. The first-order valence-electron chi connectivity index (χ1n) is 14.8. The predicted molar refractivity (Wildman–Crippen MR) is 147 cm³/mol. The molecule has 0 aromatic carbocycles. The Balaban J connectivity index is 1.83. The highest BCUT2D eigenvalue weighted by Crippen LogP contribution is 2.38. The van der Waals surface area contributed by atoms with E-state index < -0.39 is 154 Å². The highest BCUT2D eigenvalue weighted by Gasteiger charge is 2.60. The number of carbonyl (C=O) groups excluding carboxylic acids is 1. The zero-order valence-electron chi connectivity index (χ0n) is 25.7. The van der Waals surface area contributed by atoms with Crippen molar-refractivity contribution in [2.24, 2.45) is 0 Å². The molecule has 23 heteroatoms. The van der Waals surface area contributed by atoms with Gasteiger partial charge in [-0.05, 0) is 0 Å². The third kappa shape index (κ3) is 8.79. The van der Waals surface area contributed by atoms with Crippen LogP contribution in [0.15, 0.2) is 0 Å². The smallest absolute Gasteiger partial charge is 0.364 e. The summed E-state index contributed by atoms with van der Waals surface area (Å²) in [4.78, 5) is 35.7. The summed E-state index contributed by atoms with van der Waals surface area (Å²) in [5.41, 5.74) is 0. The Morgan fingerprint density at radius 3 is 1.98 bits per heavy atom. The number of carbonyl (C=O) groups is 3. The number of ether oxygens (including phenoxy) is 5. The van der Waals surface area contributed by atoms with Crippen molar-refractivity contribution in [1.29, 1.82) is 0 Å². The second kappa shape index (κ2) is 16.4. The Labute approximate surface area is 276 Å². The second-order valence-corrected chi connectivity index (χ2v) is 12.0. The zero-order valence-corrected chi connectivity index (χ0v) is 25.7. The molecular weight excluding hydrogens is 678 g/mol. The van der Waals surface area contributed by atoms with Gasteiger partial charge in [-0.1, -0.05) is 0 Å². The molecule has 23 nitrogen and oxygen atoms in total. The van der Waals surface area contributed by atoms with Gasteiger partial charge in [0.2, 0.25) is 5.91 Å². The Hall–Kier alpha value is -2.27. The van der Waals surface area contributed by atoms with Crippen LogP contribution in [0.2, 0.25) is 0 Å². The first kappa shape index (κ1) is 41.2. The number of nitrogens with one attached hydrogen (secondary N) is 1. The van der Waals surface area contributed by atoms with Gasteiger partial charge in [-0.25, -0.2) is 9.59 Å².